The molecule has 2 aromatic rings. The molecule has 0 aromatic heterocycles. The zero-order chi connectivity index (χ0) is 20.0. The maximum atomic E-state index is 13.7. The molecule has 2 aromatic carbocycles. The number of allylic oxidation sites excluding steroid dienone is 1. The molecule has 2 amide bonds. The second-order valence-electron chi connectivity index (χ2n) is 5.52. The van der Waals surface area contributed by atoms with E-state index in [9.17, 15) is 9.18 Å². The number of anilines is 2. The quantitative estimate of drug-likeness (QED) is 0.490. The van der Waals surface area contributed by atoms with Crippen molar-refractivity contribution in [3.63, 3.8) is 0 Å². The summed E-state index contributed by atoms with van der Waals surface area (Å²) in [6.45, 7) is 5.40. The summed E-state index contributed by atoms with van der Waals surface area (Å²) in [7, 11) is 3.30. The number of nitrogens with one attached hydrogen (secondary N) is 2. The highest BCUT2D eigenvalue weighted by atomic mass is 79.9. The standard InChI is InChI=1S/C19H20BrFN4O2/c1-12(20)18(25(3)22-2)14-11-13(9-10-17(14)27-4)23-19(26)24-16-8-6-5-7-15(16)21/h5-11H,2H2,1,3-4H3,(H2,23,24,26)/b18-12+. The van der Waals surface area contributed by atoms with Crippen LogP contribution >= 0.6 is 15.9 Å². The van der Waals surface area contributed by atoms with Crippen LogP contribution < -0.4 is 15.4 Å². The number of benzene rings is 2. The van der Waals surface area contributed by atoms with Crippen molar-refractivity contribution in [3.8, 4) is 5.75 Å². The molecule has 0 aliphatic rings. The molecular weight excluding hydrogens is 415 g/mol. The van der Waals surface area contributed by atoms with Crippen molar-refractivity contribution in [2.45, 2.75) is 6.92 Å². The van der Waals surface area contributed by atoms with Crippen molar-refractivity contribution in [1.82, 2.24) is 5.01 Å². The van der Waals surface area contributed by atoms with E-state index in [1.807, 2.05) is 6.92 Å². The second kappa shape index (κ2) is 9.18. The van der Waals surface area contributed by atoms with Gasteiger partial charge in [0.25, 0.3) is 0 Å². The molecule has 0 unspecified atom stereocenters. The van der Waals surface area contributed by atoms with E-state index in [0.717, 1.165) is 10.2 Å². The number of ether oxygens (including phenoxy) is 1. The lowest BCUT2D eigenvalue weighted by Gasteiger charge is -2.21. The SMILES string of the molecule is C=NN(C)/C(=C(\C)Br)c1cc(NC(=O)Nc2ccccc2F)ccc1OC. The summed E-state index contributed by atoms with van der Waals surface area (Å²) in [4.78, 5) is 12.2. The van der Waals surface area contributed by atoms with Gasteiger partial charge in [-0.3, -0.25) is 5.01 Å². The van der Waals surface area contributed by atoms with E-state index in [4.69, 9.17) is 4.74 Å². The van der Waals surface area contributed by atoms with Gasteiger partial charge in [0, 0.05) is 29.5 Å². The van der Waals surface area contributed by atoms with Crippen molar-refractivity contribution in [2.24, 2.45) is 5.10 Å². The predicted octanol–water partition coefficient (Wildman–Crippen LogP) is 5.11. The Morgan fingerprint density at radius 2 is 1.96 bits per heavy atom. The average molecular weight is 435 g/mol. The van der Waals surface area contributed by atoms with Gasteiger partial charge in [-0.15, -0.1) is 0 Å². The number of amides is 2. The van der Waals surface area contributed by atoms with Crippen LogP contribution in [0.2, 0.25) is 0 Å². The molecule has 0 aliphatic heterocycles. The number of hydrazone groups is 1. The number of methoxy groups -OCH3 is 1. The number of urea groups is 1. The Morgan fingerprint density at radius 1 is 1.26 bits per heavy atom. The van der Waals surface area contributed by atoms with Crippen LogP contribution in [-0.4, -0.2) is 31.9 Å². The lowest BCUT2D eigenvalue weighted by Crippen LogP contribution is -2.20. The third-order valence-electron chi connectivity index (χ3n) is 3.70. The Labute approximate surface area is 165 Å². The van der Waals surface area contributed by atoms with Crippen LogP contribution in [0.5, 0.6) is 5.75 Å². The van der Waals surface area contributed by atoms with Gasteiger partial charge < -0.3 is 15.4 Å². The highest BCUT2D eigenvalue weighted by molar-refractivity contribution is 9.11. The fourth-order valence-electron chi connectivity index (χ4n) is 2.47. The fraction of sp³-hybridized carbons (Fsp3) is 0.158. The predicted molar refractivity (Wildman–Crippen MR) is 111 cm³/mol. The number of nitrogens with zero attached hydrogens (tertiary/aromatic N) is 2. The van der Waals surface area contributed by atoms with Gasteiger partial charge >= 0.3 is 6.03 Å². The lowest BCUT2D eigenvalue weighted by molar-refractivity contribution is 0.262. The minimum absolute atomic E-state index is 0.0937. The first kappa shape index (κ1) is 20.4. The molecule has 0 atom stereocenters. The van der Waals surface area contributed by atoms with E-state index in [1.54, 1.807) is 49.5 Å². The summed E-state index contributed by atoms with van der Waals surface area (Å²) < 4.78 is 19.9. The summed E-state index contributed by atoms with van der Waals surface area (Å²) >= 11 is 3.46. The molecule has 0 fully saturated rings. The minimum Gasteiger partial charge on any atom is -0.496 e. The smallest absolute Gasteiger partial charge is 0.323 e. The van der Waals surface area contributed by atoms with E-state index in [-0.39, 0.29) is 5.69 Å². The molecule has 0 heterocycles. The maximum absolute atomic E-state index is 13.7. The van der Waals surface area contributed by atoms with Gasteiger partial charge in [0.1, 0.15) is 11.6 Å². The highest BCUT2D eigenvalue weighted by Gasteiger charge is 2.16. The number of halogens is 2. The average Bonchev–Trinajstić information content (AvgIpc) is 2.63. The zero-order valence-electron chi connectivity index (χ0n) is 15.2. The molecule has 2 rings (SSSR count). The molecule has 0 radical (unpaired) electrons. The monoisotopic (exact) mass is 434 g/mol. The molecule has 0 aliphatic carbocycles. The maximum Gasteiger partial charge on any atom is 0.323 e. The number of hydrogen-bond acceptors (Lipinski definition) is 4. The number of rotatable bonds is 6. The lowest BCUT2D eigenvalue weighted by atomic mass is 10.1. The van der Waals surface area contributed by atoms with Gasteiger partial charge in [-0.1, -0.05) is 28.1 Å². The van der Waals surface area contributed by atoms with Crippen LogP contribution in [0.25, 0.3) is 5.70 Å². The van der Waals surface area contributed by atoms with E-state index < -0.39 is 11.8 Å². The van der Waals surface area contributed by atoms with Gasteiger partial charge in [0.05, 0.1) is 18.5 Å². The minimum atomic E-state index is -0.562. The molecule has 8 heteroatoms. The largest absolute Gasteiger partial charge is 0.496 e. The Kier molecular flexibility index (Phi) is 6.95. The molecule has 6 nitrogen and oxygen atoms in total. The molecule has 0 spiro atoms. The van der Waals surface area contributed by atoms with E-state index >= 15 is 0 Å². The van der Waals surface area contributed by atoms with Gasteiger partial charge in [-0.2, -0.15) is 5.10 Å². The Bertz CT molecular complexity index is 882. The summed E-state index contributed by atoms with van der Waals surface area (Å²) in [5, 5.41) is 10.7. The molecule has 0 saturated carbocycles. The van der Waals surface area contributed by atoms with Crippen molar-refractivity contribution >= 4 is 45.8 Å². The van der Waals surface area contributed by atoms with Gasteiger partial charge in [0.2, 0.25) is 0 Å². The second-order valence-corrected chi connectivity index (χ2v) is 6.71. The zero-order valence-corrected chi connectivity index (χ0v) is 16.8. The van der Waals surface area contributed by atoms with E-state index in [1.165, 1.54) is 12.1 Å². The van der Waals surface area contributed by atoms with Crippen molar-refractivity contribution in [3.05, 3.63) is 58.3 Å². The van der Waals surface area contributed by atoms with E-state index in [2.05, 4.69) is 38.4 Å². The van der Waals surface area contributed by atoms with Crippen LogP contribution in [-0.2, 0) is 0 Å². The van der Waals surface area contributed by atoms with Gasteiger partial charge in [-0.25, -0.2) is 9.18 Å². The van der Waals surface area contributed by atoms with Crippen LogP contribution in [0.15, 0.2) is 52.0 Å². The first-order chi connectivity index (χ1) is 12.9. The molecule has 0 bridgehead atoms. The number of para-hydroxylation sites is 1. The van der Waals surface area contributed by atoms with Crippen molar-refractivity contribution in [2.75, 3.05) is 24.8 Å². The summed E-state index contributed by atoms with van der Waals surface area (Å²) in [6.07, 6.45) is 0. The van der Waals surface area contributed by atoms with Gasteiger partial charge in [-0.05, 0) is 37.3 Å². The number of hydrogen-bond donors (Lipinski definition) is 2. The Balaban J connectivity index is 2.31. The fourth-order valence-corrected chi connectivity index (χ4v) is 2.94. The van der Waals surface area contributed by atoms with Crippen LogP contribution in [0.3, 0.4) is 0 Å². The molecule has 27 heavy (non-hydrogen) atoms. The normalized spacial score (nSPS) is 11.3. The summed E-state index contributed by atoms with van der Waals surface area (Å²) in [5.74, 6) is 0.0845. The van der Waals surface area contributed by atoms with Gasteiger partial charge in [0.15, 0.2) is 0 Å². The topological polar surface area (TPSA) is 66.0 Å². The molecule has 2 N–H and O–H groups in total. The van der Waals surface area contributed by atoms with Crippen LogP contribution in [0.4, 0.5) is 20.6 Å². The summed E-state index contributed by atoms with van der Waals surface area (Å²) in [5.41, 5.74) is 2.02. The molecule has 142 valence electrons. The highest BCUT2D eigenvalue weighted by Crippen LogP contribution is 2.34. The first-order valence-electron chi connectivity index (χ1n) is 7.95. The molecular formula is C19H20BrFN4O2. The number of carbonyl (C=O) groups is 1. The third kappa shape index (κ3) is 5.07. The first-order valence-corrected chi connectivity index (χ1v) is 8.74. The Morgan fingerprint density at radius 3 is 2.56 bits per heavy atom. The van der Waals surface area contributed by atoms with Crippen molar-refractivity contribution in [1.29, 1.82) is 0 Å². The van der Waals surface area contributed by atoms with Crippen LogP contribution in [0.1, 0.15) is 12.5 Å². The van der Waals surface area contributed by atoms with Crippen molar-refractivity contribution < 1.29 is 13.9 Å². The van der Waals surface area contributed by atoms with E-state index in [0.29, 0.717) is 17.0 Å². The Hall–Kier alpha value is -2.87. The number of carbonyl (C=O) groups excluding carboxylic acids is 1. The third-order valence-corrected chi connectivity index (χ3v) is 4.07. The molecule has 0 saturated heterocycles. The summed E-state index contributed by atoms with van der Waals surface area (Å²) in [6, 6.07) is 10.5. The van der Waals surface area contributed by atoms with Crippen LogP contribution in [0, 0.1) is 5.82 Å².